The van der Waals surface area contributed by atoms with Crippen molar-refractivity contribution < 1.29 is 8.42 Å². The summed E-state index contributed by atoms with van der Waals surface area (Å²) in [4.78, 5) is 13.4. The first-order valence-corrected chi connectivity index (χ1v) is 9.67. The fraction of sp³-hybridized carbons (Fsp3) is 0.438. The zero-order valence-corrected chi connectivity index (χ0v) is 14.8. The second-order valence-corrected chi connectivity index (χ2v) is 8.14. The Morgan fingerprint density at radius 3 is 2.75 bits per heavy atom. The zero-order valence-electron chi connectivity index (χ0n) is 14.0. The fourth-order valence-corrected chi connectivity index (χ4v) is 3.70. The van der Waals surface area contributed by atoms with Gasteiger partial charge >= 0.3 is 0 Å². The lowest BCUT2D eigenvalue weighted by Gasteiger charge is -2.14. The van der Waals surface area contributed by atoms with Gasteiger partial charge in [0.2, 0.25) is 10.0 Å². The number of aromatic nitrogens is 3. The summed E-state index contributed by atoms with van der Waals surface area (Å²) in [7, 11) is -3.17. The summed E-state index contributed by atoms with van der Waals surface area (Å²) in [5.41, 5.74) is 1.87. The van der Waals surface area contributed by atoms with Crippen LogP contribution >= 0.6 is 0 Å². The van der Waals surface area contributed by atoms with Crippen LogP contribution in [-0.2, 0) is 10.0 Å². The fourth-order valence-electron chi connectivity index (χ4n) is 2.82. The predicted octanol–water partition coefficient (Wildman–Crippen LogP) is 1.98. The van der Waals surface area contributed by atoms with E-state index < -0.39 is 10.0 Å². The van der Waals surface area contributed by atoms with E-state index in [4.69, 9.17) is 0 Å². The van der Waals surface area contributed by atoms with Gasteiger partial charge in [-0.2, -0.15) is 0 Å². The maximum absolute atomic E-state index is 11.7. The molecule has 1 fully saturated rings. The first kappa shape index (κ1) is 16.8. The largest absolute Gasteiger partial charge is 0.325 e. The van der Waals surface area contributed by atoms with Gasteiger partial charge in [-0.15, -0.1) is 0 Å². The lowest BCUT2D eigenvalue weighted by atomic mass is 10.1. The quantitative estimate of drug-likeness (QED) is 0.910. The summed E-state index contributed by atoms with van der Waals surface area (Å²) >= 11 is 0. The van der Waals surface area contributed by atoms with Gasteiger partial charge < -0.3 is 5.32 Å². The maximum Gasteiger partial charge on any atom is 0.211 e. The SMILES string of the molecule is Cc1cc(Nc2ncccc2C)nc([C@H]2CCN(S(C)(=O)=O)C2)n1. The third-order valence-corrected chi connectivity index (χ3v) is 5.38. The van der Waals surface area contributed by atoms with Crippen LogP contribution in [0.3, 0.4) is 0 Å². The average Bonchev–Trinajstić information content (AvgIpc) is 2.99. The van der Waals surface area contributed by atoms with Gasteiger partial charge in [0.1, 0.15) is 17.5 Å². The van der Waals surface area contributed by atoms with E-state index in [0.29, 0.717) is 24.7 Å². The molecule has 2 aromatic rings. The number of anilines is 2. The molecule has 0 bridgehead atoms. The number of nitrogens with one attached hydrogen (secondary N) is 1. The number of rotatable bonds is 4. The smallest absolute Gasteiger partial charge is 0.211 e. The highest BCUT2D eigenvalue weighted by Crippen LogP contribution is 2.28. The number of hydrogen-bond donors (Lipinski definition) is 1. The van der Waals surface area contributed by atoms with Crippen LogP contribution in [-0.4, -0.2) is 47.0 Å². The van der Waals surface area contributed by atoms with Crippen molar-refractivity contribution in [1.29, 1.82) is 0 Å². The van der Waals surface area contributed by atoms with E-state index in [-0.39, 0.29) is 5.92 Å². The van der Waals surface area contributed by atoms with Crippen molar-refractivity contribution >= 4 is 21.7 Å². The van der Waals surface area contributed by atoms with E-state index in [1.165, 1.54) is 10.6 Å². The van der Waals surface area contributed by atoms with Gasteiger partial charge in [-0.05, 0) is 31.9 Å². The Morgan fingerprint density at radius 2 is 2.08 bits per heavy atom. The molecule has 128 valence electrons. The molecule has 7 nitrogen and oxygen atoms in total. The summed E-state index contributed by atoms with van der Waals surface area (Å²) in [5, 5.41) is 3.22. The summed E-state index contributed by atoms with van der Waals surface area (Å²) < 4.78 is 24.9. The molecule has 0 aliphatic carbocycles. The molecule has 1 atom stereocenters. The monoisotopic (exact) mass is 347 g/mol. The van der Waals surface area contributed by atoms with Crippen molar-refractivity contribution in [3.8, 4) is 0 Å². The molecule has 0 radical (unpaired) electrons. The Kier molecular flexibility index (Phi) is 4.51. The molecule has 0 amide bonds. The standard InChI is InChI=1S/C16H21N5O2S/c1-11-5-4-7-17-15(11)19-14-9-12(2)18-16(20-14)13-6-8-21(10-13)24(3,22)23/h4-5,7,9,13H,6,8,10H2,1-3H3,(H,17,18,19,20)/t13-/m0/s1. The summed E-state index contributed by atoms with van der Waals surface area (Å²) in [6, 6.07) is 5.72. The number of pyridine rings is 1. The molecule has 8 heteroatoms. The van der Waals surface area contributed by atoms with Crippen LogP contribution in [0.5, 0.6) is 0 Å². The van der Waals surface area contributed by atoms with E-state index in [1.807, 2.05) is 32.0 Å². The predicted molar refractivity (Wildman–Crippen MR) is 92.8 cm³/mol. The van der Waals surface area contributed by atoms with Crippen molar-refractivity contribution in [3.63, 3.8) is 0 Å². The molecule has 1 N–H and O–H groups in total. The first-order chi connectivity index (χ1) is 11.3. The van der Waals surface area contributed by atoms with Gasteiger partial charge in [0.05, 0.1) is 6.26 Å². The molecule has 24 heavy (non-hydrogen) atoms. The molecular weight excluding hydrogens is 326 g/mol. The Hall–Kier alpha value is -2.06. The lowest BCUT2D eigenvalue weighted by molar-refractivity contribution is 0.476. The van der Waals surface area contributed by atoms with Crippen molar-refractivity contribution in [2.24, 2.45) is 0 Å². The highest BCUT2D eigenvalue weighted by atomic mass is 32.2. The molecular formula is C16H21N5O2S. The van der Waals surface area contributed by atoms with Gasteiger partial charge in [0, 0.05) is 37.0 Å². The van der Waals surface area contributed by atoms with E-state index in [0.717, 1.165) is 23.5 Å². The van der Waals surface area contributed by atoms with Gasteiger partial charge in [0.15, 0.2) is 0 Å². The van der Waals surface area contributed by atoms with Gasteiger partial charge in [-0.25, -0.2) is 27.7 Å². The Morgan fingerprint density at radius 1 is 1.29 bits per heavy atom. The van der Waals surface area contributed by atoms with Gasteiger partial charge in [-0.1, -0.05) is 6.07 Å². The Labute approximate surface area is 142 Å². The molecule has 2 aromatic heterocycles. The third kappa shape index (κ3) is 3.70. The molecule has 1 aliphatic heterocycles. The zero-order chi connectivity index (χ0) is 17.3. The minimum absolute atomic E-state index is 0.0185. The molecule has 0 saturated carbocycles. The van der Waals surface area contributed by atoms with Gasteiger partial charge in [0.25, 0.3) is 0 Å². The highest BCUT2D eigenvalue weighted by molar-refractivity contribution is 7.88. The van der Waals surface area contributed by atoms with Crippen LogP contribution in [0.15, 0.2) is 24.4 Å². The minimum Gasteiger partial charge on any atom is -0.325 e. The van der Waals surface area contributed by atoms with E-state index in [2.05, 4.69) is 20.3 Å². The molecule has 3 rings (SSSR count). The van der Waals surface area contributed by atoms with Crippen molar-refractivity contribution in [3.05, 3.63) is 41.5 Å². The molecule has 0 aromatic carbocycles. The van der Waals surface area contributed by atoms with Crippen LogP contribution in [0.1, 0.15) is 29.4 Å². The van der Waals surface area contributed by atoms with Crippen LogP contribution in [0.2, 0.25) is 0 Å². The summed E-state index contributed by atoms with van der Waals surface area (Å²) in [6.07, 6.45) is 3.70. The Balaban J connectivity index is 1.84. The van der Waals surface area contributed by atoms with Crippen molar-refractivity contribution in [2.75, 3.05) is 24.7 Å². The summed E-state index contributed by atoms with van der Waals surface area (Å²) in [5.74, 6) is 2.13. The topological polar surface area (TPSA) is 88.1 Å². The average molecular weight is 347 g/mol. The Bertz CT molecular complexity index is 853. The second kappa shape index (κ2) is 6.45. The lowest BCUT2D eigenvalue weighted by Crippen LogP contribution is -2.27. The van der Waals surface area contributed by atoms with Crippen LogP contribution in [0.25, 0.3) is 0 Å². The van der Waals surface area contributed by atoms with E-state index in [9.17, 15) is 8.42 Å². The molecule has 1 aliphatic rings. The van der Waals surface area contributed by atoms with Crippen molar-refractivity contribution in [1.82, 2.24) is 19.3 Å². The second-order valence-electron chi connectivity index (χ2n) is 6.15. The summed E-state index contributed by atoms with van der Waals surface area (Å²) in [6.45, 7) is 4.84. The highest BCUT2D eigenvalue weighted by Gasteiger charge is 2.31. The van der Waals surface area contributed by atoms with Crippen LogP contribution < -0.4 is 5.32 Å². The van der Waals surface area contributed by atoms with Gasteiger partial charge in [-0.3, -0.25) is 0 Å². The van der Waals surface area contributed by atoms with Crippen molar-refractivity contribution in [2.45, 2.75) is 26.2 Å². The molecule has 3 heterocycles. The first-order valence-electron chi connectivity index (χ1n) is 7.82. The normalized spacial score (nSPS) is 18.7. The maximum atomic E-state index is 11.7. The number of nitrogens with zero attached hydrogens (tertiary/aromatic N) is 4. The van der Waals surface area contributed by atoms with E-state index in [1.54, 1.807) is 6.20 Å². The number of hydrogen-bond acceptors (Lipinski definition) is 6. The van der Waals surface area contributed by atoms with E-state index >= 15 is 0 Å². The number of sulfonamides is 1. The molecule has 0 spiro atoms. The van der Waals surface area contributed by atoms with Crippen LogP contribution in [0, 0.1) is 13.8 Å². The molecule has 1 saturated heterocycles. The van der Waals surface area contributed by atoms with Crippen LogP contribution in [0.4, 0.5) is 11.6 Å². The molecule has 0 unspecified atom stereocenters. The number of aryl methyl sites for hydroxylation is 2. The third-order valence-electron chi connectivity index (χ3n) is 4.11. The minimum atomic E-state index is -3.17.